The van der Waals surface area contributed by atoms with Crippen LogP contribution in [0.3, 0.4) is 0 Å². The Balaban J connectivity index is 1.43. The van der Waals surface area contributed by atoms with Crippen molar-refractivity contribution in [2.24, 2.45) is 12.5 Å². The van der Waals surface area contributed by atoms with E-state index in [0.29, 0.717) is 6.54 Å². The number of aryl methyl sites for hydroxylation is 1. The second-order valence-electron chi connectivity index (χ2n) is 8.60. The smallest absolute Gasteiger partial charge is 0.319 e. The molecule has 28 heavy (non-hydrogen) atoms. The molecule has 0 aliphatic carbocycles. The van der Waals surface area contributed by atoms with Crippen LogP contribution in [0, 0.1) is 5.41 Å². The van der Waals surface area contributed by atoms with Crippen molar-refractivity contribution in [3.05, 3.63) is 36.7 Å². The van der Waals surface area contributed by atoms with Gasteiger partial charge in [0.1, 0.15) is 0 Å². The first-order chi connectivity index (χ1) is 13.4. The Labute approximate surface area is 168 Å². The lowest BCUT2D eigenvalue weighted by molar-refractivity contribution is 0.187. The zero-order valence-corrected chi connectivity index (χ0v) is 17.4. The Hall–Kier alpha value is -2.34. The van der Waals surface area contributed by atoms with E-state index < -0.39 is 0 Å². The minimum absolute atomic E-state index is 0.0823. The number of carbonyl (C=O) groups is 1. The molecule has 2 N–H and O–H groups in total. The summed E-state index contributed by atoms with van der Waals surface area (Å²) in [6.07, 6.45) is 8.90. The Morgan fingerprint density at radius 2 is 1.82 bits per heavy atom. The van der Waals surface area contributed by atoms with Gasteiger partial charge in [-0.3, -0.25) is 4.68 Å². The number of benzene rings is 1. The van der Waals surface area contributed by atoms with Gasteiger partial charge >= 0.3 is 6.03 Å². The Morgan fingerprint density at radius 3 is 2.46 bits per heavy atom. The van der Waals surface area contributed by atoms with Gasteiger partial charge in [0, 0.05) is 31.0 Å². The monoisotopic (exact) mass is 383 g/mol. The molecule has 1 aromatic carbocycles. The summed E-state index contributed by atoms with van der Waals surface area (Å²) in [5, 5.41) is 10.1. The van der Waals surface area contributed by atoms with Gasteiger partial charge < -0.3 is 15.5 Å². The molecule has 3 rings (SSSR count). The summed E-state index contributed by atoms with van der Waals surface area (Å²) in [4.78, 5) is 14.8. The second-order valence-corrected chi connectivity index (χ2v) is 8.60. The predicted octanol–water partition coefficient (Wildman–Crippen LogP) is 4.11. The fourth-order valence-electron chi connectivity index (χ4n) is 3.54. The summed E-state index contributed by atoms with van der Waals surface area (Å²) < 4.78 is 1.78. The van der Waals surface area contributed by atoms with Crippen molar-refractivity contribution < 1.29 is 4.79 Å². The molecule has 1 saturated heterocycles. The van der Waals surface area contributed by atoms with Crippen molar-refractivity contribution in [2.45, 2.75) is 39.5 Å². The summed E-state index contributed by atoms with van der Waals surface area (Å²) >= 11 is 0. The Bertz CT molecular complexity index is 759. The number of rotatable bonds is 7. The molecule has 1 aromatic heterocycles. The van der Waals surface area contributed by atoms with E-state index in [1.54, 1.807) is 4.68 Å². The van der Waals surface area contributed by atoms with Gasteiger partial charge in [-0.05, 0) is 62.0 Å². The van der Waals surface area contributed by atoms with Crippen LogP contribution in [0.25, 0.3) is 11.1 Å². The van der Waals surface area contributed by atoms with Gasteiger partial charge in [0.2, 0.25) is 0 Å². The molecule has 2 amide bonds. The van der Waals surface area contributed by atoms with Crippen LogP contribution in [0.15, 0.2) is 36.7 Å². The van der Waals surface area contributed by atoms with Crippen molar-refractivity contribution in [1.29, 1.82) is 0 Å². The zero-order valence-electron chi connectivity index (χ0n) is 17.4. The zero-order chi connectivity index (χ0) is 20.0. The van der Waals surface area contributed by atoms with Crippen molar-refractivity contribution in [1.82, 2.24) is 20.0 Å². The summed E-state index contributed by atoms with van der Waals surface area (Å²) in [6.45, 7) is 8.67. The molecule has 6 heteroatoms. The maximum absolute atomic E-state index is 12.3. The molecule has 152 valence electrons. The molecular weight excluding hydrogens is 350 g/mol. The topological polar surface area (TPSA) is 62.2 Å². The summed E-state index contributed by atoms with van der Waals surface area (Å²) in [7, 11) is 1.90. The number of hydrogen-bond acceptors (Lipinski definition) is 3. The molecule has 1 aliphatic rings. The van der Waals surface area contributed by atoms with Crippen LogP contribution in [0.4, 0.5) is 10.5 Å². The van der Waals surface area contributed by atoms with Crippen LogP contribution in [-0.4, -0.2) is 46.9 Å². The third kappa shape index (κ3) is 6.09. The Kier molecular flexibility index (Phi) is 6.73. The average molecular weight is 384 g/mol. The van der Waals surface area contributed by atoms with Crippen molar-refractivity contribution in [3.63, 3.8) is 0 Å². The van der Waals surface area contributed by atoms with Crippen LogP contribution in [0.1, 0.15) is 39.5 Å². The molecule has 1 aliphatic heterocycles. The SMILES string of the molecule is Cn1cc(-c2ccc(NC(=O)NCC(C)(C)CCN3CCCCC3)cc2)cn1. The van der Waals surface area contributed by atoms with Crippen LogP contribution >= 0.6 is 0 Å². The van der Waals surface area contributed by atoms with Crippen LogP contribution in [0.2, 0.25) is 0 Å². The van der Waals surface area contributed by atoms with Crippen LogP contribution < -0.4 is 10.6 Å². The quantitative estimate of drug-likeness (QED) is 0.756. The first kappa shape index (κ1) is 20.4. The second kappa shape index (κ2) is 9.24. The summed E-state index contributed by atoms with van der Waals surface area (Å²) in [5.74, 6) is 0. The van der Waals surface area contributed by atoms with Gasteiger partial charge in [-0.1, -0.05) is 32.4 Å². The molecule has 0 saturated carbocycles. The minimum atomic E-state index is -0.153. The number of nitrogens with one attached hydrogen (secondary N) is 2. The fraction of sp³-hybridized carbons (Fsp3) is 0.545. The van der Waals surface area contributed by atoms with E-state index in [0.717, 1.165) is 29.8 Å². The van der Waals surface area contributed by atoms with Gasteiger partial charge in [-0.15, -0.1) is 0 Å². The van der Waals surface area contributed by atoms with E-state index in [1.807, 2.05) is 43.7 Å². The number of anilines is 1. The predicted molar refractivity (Wildman–Crippen MR) is 114 cm³/mol. The fourth-order valence-corrected chi connectivity index (χ4v) is 3.54. The van der Waals surface area contributed by atoms with E-state index in [-0.39, 0.29) is 11.4 Å². The number of carbonyl (C=O) groups excluding carboxylic acids is 1. The highest BCUT2D eigenvalue weighted by atomic mass is 16.2. The van der Waals surface area contributed by atoms with E-state index >= 15 is 0 Å². The van der Waals surface area contributed by atoms with E-state index in [1.165, 1.54) is 32.4 Å². The highest BCUT2D eigenvalue weighted by Crippen LogP contribution is 2.22. The van der Waals surface area contributed by atoms with Gasteiger partial charge in [-0.25, -0.2) is 4.79 Å². The van der Waals surface area contributed by atoms with Crippen molar-refractivity contribution >= 4 is 11.7 Å². The lowest BCUT2D eigenvalue weighted by Gasteiger charge is -2.31. The van der Waals surface area contributed by atoms with Crippen LogP contribution in [-0.2, 0) is 7.05 Å². The van der Waals surface area contributed by atoms with Gasteiger partial charge in [0.05, 0.1) is 6.20 Å². The molecule has 0 radical (unpaired) electrons. The average Bonchev–Trinajstić information content (AvgIpc) is 3.13. The van der Waals surface area contributed by atoms with E-state index in [9.17, 15) is 4.79 Å². The van der Waals surface area contributed by atoms with Crippen LogP contribution in [0.5, 0.6) is 0 Å². The molecule has 2 aromatic rings. The number of hydrogen-bond donors (Lipinski definition) is 2. The number of aromatic nitrogens is 2. The molecule has 0 spiro atoms. The van der Waals surface area contributed by atoms with Gasteiger partial charge in [0.15, 0.2) is 0 Å². The first-order valence-electron chi connectivity index (χ1n) is 10.3. The number of piperidine rings is 1. The summed E-state index contributed by atoms with van der Waals surface area (Å²) in [5.41, 5.74) is 3.02. The van der Waals surface area contributed by atoms with Crippen molar-refractivity contribution in [2.75, 3.05) is 31.5 Å². The molecular formula is C22H33N5O. The van der Waals surface area contributed by atoms with E-state index in [2.05, 4.69) is 34.5 Å². The third-order valence-corrected chi connectivity index (χ3v) is 5.46. The maximum Gasteiger partial charge on any atom is 0.319 e. The van der Waals surface area contributed by atoms with Gasteiger partial charge in [-0.2, -0.15) is 5.10 Å². The molecule has 0 atom stereocenters. The Morgan fingerprint density at radius 1 is 1.11 bits per heavy atom. The molecule has 6 nitrogen and oxygen atoms in total. The normalized spacial score (nSPS) is 15.4. The third-order valence-electron chi connectivity index (χ3n) is 5.46. The van der Waals surface area contributed by atoms with Gasteiger partial charge in [0.25, 0.3) is 0 Å². The lowest BCUT2D eigenvalue weighted by atomic mass is 9.89. The van der Waals surface area contributed by atoms with E-state index in [4.69, 9.17) is 0 Å². The molecule has 1 fully saturated rings. The largest absolute Gasteiger partial charge is 0.337 e. The molecule has 0 bridgehead atoms. The highest BCUT2D eigenvalue weighted by molar-refractivity contribution is 5.89. The number of amides is 2. The number of nitrogens with zero attached hydrogens (tertiary/aromatic N) is 3. The lowest BCUT2D eigenvalue weighted by Crippen LogP contribution is -2.39. The number of likely N-dealkylation sites (tertiary alicyclic amines) is 1. The highest BCUT2D eigenvalue weighted by Gasteiger charge is 2.21. The van der Waals surface area contributed by atoms with Crippen molar-refractivity contribution in [3.8, 4) is 11.1 Å². The standard InChI is InChI=1S/C22H33N5O/c1-22(2,11-14-27-12-5-4-6-13-27)17-23-21(28)25-20-9-7-18(8-10-20)19-15-24-26(3)16-19/h7-10,15-16H,4-6,11-14,17H2,1-3H3,(H2,23,25,28). The maximum atomic E-state index is 12.3. The first-order valence-corrected chi connectivity index (χ1v) is 10.3. The molecule has 2 heterocycles. The summed E-state index contributed by atoms with van der Waals surface area (Å²) in [6, 6.07) is 7.68. The molecule has 0 unspecified atom stereocenters. The minimum Gasteiger partial charge on any atom is -0.337 e. The number of urea groups is 1.